The number of alkyl halides is 3. The summed E-state index contributed by atoms with van der Waals surface area (Å²) in [5, 5.41) is 10.5. The molecule has 2 aromatic heterocycles. The summed E-state index contributed by atoms with van der Waals surface area (Å²) in [5.41, 5.74) is 0.615. The molecule has 0 bridgehead atoms. The number of nitrogens with zero attached hydrogens (tertiary/aromatic N) is 5. The maximum absolute atomic E-state index is 13.3. The van der Waals surface area contributed by atoms with E-state index in [0.717, 1.165) is 37.0 Å². The summed E-state index contributed by atoms with van der Waals surface area (Å²) in [4.78, 5) is 34.6. The molecule has 0 unspecified atom stereocenters. The average molecular weight is 539 g/mol. The molecular weight excluding hydrogens is 513 g/mol. The molecule has 37 heavy (non-hydrogen) atoms. The van der Waals surface area contributed by atoms with Gasteiger partial charge in [-0.15, -0.1) is 17.7 Å². The molecule has 14 heteroatoms. The Kier molecular flexibility index (Phi) is 9.06. The molecule has 10 nitrogen and oxygen atoms in total. The minimum absolute atomic E-state index is 0.205. The van der Waals surface area contributed by atoms with Crippen molar-refractivity contribution >= 4 is 34.8 Å². The van der Waals surface area contributed by atoms with Crippen LogP contribution in [0.5, 0.6) is 11.8 Å². The molecule has 4 rings (SSSR count). The van der Waals surface area contributed by atoms with Gasteiger partial charge >= 0.3 is 18.2 Å². The number of imidazole rings is 1. The second kappa shape index (κ2) is 12.0. The lowest BCUT2D eigenvalue weighted by atomic mass is 10.3. The number of rotatable bonds is 5. The smallest absolute Gasteiger partial charge is 0.475 e. The molecule has 0 aliphatic carbocycles. The second-order valence-corrected chi connectivity index (χ2v) is 8.50. The minimum Gasteiger partial charge on any atom is -0.475 e. The first-order valence-electron chi connectivity index (χ1n) is 11.0. The Morgan fingerprint density at radius 1 is 1.24 bits per heavy atom. The molecule has 0 spiro atoms. The van der Waals surface area contributed by atoms with Crippen molar-refractivity contribution in [1.82, 2.24) is 24.4 Å². The van der Waals surface area contributed by atoms with Gasteiger partial charge < -0.3 is 20.1 Å². The summed E-state index contributed by atoms with van der Waals surface area (Å²) in [6.07, 6.45) is -3.10. The van der Waals surface area contributed by atoms with Crippen LogP contribution < -0.4 is 20.5 Å². The Morgan fingerprint density at radius 2 is 1.89 bits per heavy atom. The topological polar surface area (TPSA) is 115 Å². The van der Waals surface area contributed by atoms with Crippen LogP contribution in [0.25, 0.3) is 11.2 Å². The highest BCUT2D eigenvalue weighted by Gasteiger charge is 2.38. The number of thioether (sulfide) groups is 1. The third-order valence-electron chi connectivity index (χ3n) is 5.25. The Bertz CT molecular complexity index is 1390. The van der Waals surface area contributed by atoms with Crippen molar-refractivity contribution in [2.75, 3.05) is 37.3 Å². The van der Waals surface area contributed by atoms with Crippen LogP contribution in [-0.2, 0) is 18.4 Å². The molecule has 3 heterocycles. The normalized spacial score (nSPS) is 13.4. The van der Waals surface area contributed by atoms with E-state index in [9.17, 15) is 18.0 Å². The van der Waals surface area contributed by atoms with Crippen LogP contribution in [0.3, 0.4) is 0 Å². The maximum atomic E-state index is 13.3. The van der Waals surface area contributed by atoms with Crippen LogP contribution in [0.4, 0.5) is 19.1 Å². The number of anilines is 1. The highest BCUT2D eigenvalue weighted by atomic mass is 32.2. The third kappa shape index (κ3) is 6.55. The SMILES string of the molecule is CC#CCn1c(N2CCNCC2)nc2nc(Oc3ccccc3SC)n(C)c(=O)c21.O=C(O)C(F)(F)F. The number of nitrogens with one attached hydrogen (secondary N) is 1. The van der Waals surface area contributed by atoms with E-state index >= 15 is 0 Å². The van der Waals surface area contributed by atoms with Crippen LogP contribution in [0.15, 0.2) is 34.0 Å². The number of carboxylic acids is 1. The van der Waals surface area contributed by atoms with E-state index in [1.807, 2.05) is 35.1 Å². The third-order valence-corrected chi connectivity index (χ3v) is 6.03. The van der Waals surface area contributed by atoms with E-state index in [1.54, 1.807) is 25.7 Å². The minimum atomic E-state index is -5.08. The fraction of sp³-hybridized carbons (Fsp3) is 0.391. The molecule has 0 amide bonds. The predicted octanol–water partition coefficient (Wildman–Crippen LogP) is 2.71. The summed E-state index contributed by atoms with van der Waals surface area (Å²) in [6.45, 7) is 5.54. The summed E-state index contributed by atoms with van der Waals surface area (Å²) in [7, 11) is 1.67. The molecular formula is C23H25F3N6O4S. The number of hydrogen-bond donors (Lipinski definition) is 2. The van der Waals surface area contributed by atoms with Crippen molar-refractivity contribution < 1.29 is 27.8 Å². The van der Waals surface area contributed by atoms with Crippen LogP contribution in [0, 0.1) is 11.8 Å². The first-order chi connectivity index (χ1) is 17.6. The predicted molar refractivity (Wildman–Crippen MR) is 133 cm³/mol. The van der Waals surface area contributed by atoms with Gasteiger partial charge in [0.25, 0.3) is 5.56 Å². The van der Waals surface area contributed by atoms with Crippen molar-refractivity contribution in [3.05, 3.63) is 34.6 Å². The van der Waals surface area contributed by atoms with Gasteiger partial charge in [0.15, 0.2) is 11.2 Å². The number of aromatic nitrogens is 4. The van der Waals surface area contributed by atoms with Crippen molar-refractivity contribution in [3.8, 4) is 23.6 Å². The van der Waals surface area contributed by atoms with E-state index < -0.39 is 12.1 Å². The van der Waals surface area contributed by atoms with E-state index in [-0.39, 0.29) is 11.6 Å². The van der Waals surface area contributed by atoms with Crippen LogP contribution in [-0.4, -0.2) is 68.8 Å². The monoisotopic (exact) mass is 538 g/mol. The molecule has 1 fully saturated rings. The molecule has 3 aromatic rings. The lowest BCUT2D eigenvalue weighted by Crippen LogP contribution is -2.44. The first-order valence-corrected chi connectivity index (χ1v) is 12.2. The number of carboxylic acid groups (broad SMARTS) is 1. The number of fused-ring (bicyclic) bond motifs is 1. The van der Waals surface area contributed by atoms with Gasteiger partial charge in [-0.25, -0.2) is 4.79 Å². The van der Waals surface area contributed by atoms with Crippen molar-refractivity contribution in [2.45, 2.75) is 24.5 Å². The Morgan fingerprint density at radius 3 is 2.49 bits per heavy atom. The van der Waals surface area contributed by atoms with Gasteiger partial charge in [0.05, 0.1) is 6.54 Å². The molecule has 0 radical (unpaired) electrons. The standard InChI is InChI=1S/C21H24N6O2S.C2HF3O2/c1-4-5-12-27-17-18(23-20(27)26-13-10-22-11-14-26)24-21(25(2)19(17)28)29-15-8-6-7-9-16(15)30-3;3-2(4,5)1(6)7/h6-9,22H,10-14H2,1-3H3;(H,6,7). The number of para-hydroxylation sites is 1. The lowest BCUT2D eigenvalue weighted by molar-refractivity contribution is -0.192. The van der Waals surface area contributed by atoms with Crippen molar-refractivity contribution in [2.24, 2.45) is 7.05 Å². The van der Waals surface area contributed by atoms with Crippen LogP contribution >= 0.6 is 11.8 Å². The largest absolute Gasteiger partial charge is 0.490 e. The summed E-state index contributed by atoms with van der Waals surface area (Å²) in [6, 6.07) is 7.89. The Balaban J connectivity index is 0.000000479. The molecule has 1 saturated heterocycles. The zero-order chi connectivity index (χ0) is 27.2. The van der Waals surface area contributed by atoms with Gasteiger partial charge in [-0.3, -0.25) is 13.9 Å². The summed E-state index contributed by atoms with van der Waals surface area (Å²) >= 11 is 1.58. The van der Waals surface area contributed by atoms with Gasteiger partial charge in [-0.05, 0) is 25.3 Å². The van der Waals surface area contributed by atoms with E-state index in [1.165, 1.54) is 4.57 Å². The number of aliphatic carboxylic acids is 1. The number of ether oxygens (including phenoxy) is 1. The van der Waals surface area contributed by atoms with Gasteiger partial charge in [0.1, 0.15) is 5.75 Å². The van der Waals surface area contributed by atoms with Crippen LogP contribution in [0.2, 0.25) is 0 Å². The van der Waals surface area contributed by atoms with Gasteiger partial charge in [-0.1, -0.05) is 18.1 Å². The maximum Gasteiger partial charge on any atom is 0.490 e. The second-order valence-electron chi connectivity index (χ2n) is 7.65. The Hall–Kier alpha value is -3.70. The zero-order valence-corrected chi connectivity index (χ0v) is 21.1. The molecule has 0 atom stereocenters. The number of piperazine rings is 1. The van der Waals surface area contributed by atoms with Crippen LogP contribution in [0.1, 0.15) is 6.92 Å². The number of hydrogen-bond acceptors (Lipinski definition) is 8. The summed E-state index contributed by atoms with van der Waals surface area (Å²) in [5.74, 6) is 4.59. The van der Waals surface area contributed by atoms with Crippen molar-refractivity contribution in [1.29, 1.82) is 0 Å². The molecule has 1 aliphatic heterocycles. The molecule has 198 valence electrons. The molecule has 2 N–H and O–H groups in total. The number of carbonyl (C=O) groups is 1. The van der Waals surface area contributed by atoms with Gasteiger partial charge in [0, 0.05) is 38.1 Å². The number of benzene rings is 1. The van der Waals surface area contributed by atoms with Crippen molar-refractivity contribution in [3.63, 3.8) is 0 Å². The van der Waals surface area contributed by atoms with E-state index in [4.69, 9.17) is 19.6 Å². The van der Waals surface area contributed by atoms with E-state index in [2.05, 4.69) is 27.0 Å². The molecule has 1 aromatic carbocycles. The average Bonchev–Trinajstić information content (AvgIpc) is 3.24. The summed E-state index contributed by atoms with van der Waals surface area (Å²) < 4.78 is 41.1. The first kappa shape index (κ1) is 27.9. The van der Waals surface area contributed by atoms with Gasteiger partial charge in [0.2, 0.25) is 5.95 Å². The highest BCUT2D eigenvalue weighted by molar-refractivity contribution is 7.98. The fourth-order valence-electron chi connectivity index (χ4n) is 3.44. The quantitative estimate of drug-likeness (QED) is 0.374. The molecule has 1 aliphatic rings. The van der Waals surface area contributed by atoms with E-state index in [0.29, 0.717) is 23.5 Å². The lowest BCUT2D eigenvalue weighted by Gasteiger charge is -2.28. The van der Waals surface area contributed by atoms with Gasteiger partial charge in [-0.2, -0.15) is 23.1 Å². The fourth-order valence-corrected chi connectivity index (χ4v) is 3.96. The zero-order valence-electron chi connectivity index (χ0n) is 20.3. The Labute approximate surface area is 214 Å². The number of halogens is 3. The highest BCUT2D eigenvalue weighted by Crippen LogP contribution is 2.31. The molecule has 0 saturated carbocycles.